The van der Waals surface area contributed by atoms with Crippen molar-refractivity contribution in [1.82, 2.24) is 15.0 Å². The number of carboxylic acid groups (broad SMARTS) is 1. The van der Waals surface area contributed by atoms with Crippen LogP contribution in [0.2, 0.25) is 0 Å². The zero-order valence-corrected chi connectivity index (χ0v) is 16.3. The molecular formula is C21H15F2N3O5. The maximum absolute atomic E-state index is 14.6. The fourth-order valence-electron chi connectivity index (χ4n) is 2.58. The van der Waals surface area contributed by atoms with E-state index in [9.17, 15) is 13.6 Å². The Bertz CT molecular complexity index is 1290. The van der Waals surface area contributed by atoms with Crippen molar-refractivity contribution in [2.24, 2.45) is 0 Å². The van der Waals surface area contributed by atoms with Gasteiger partial charge in [0.15, 0.2) is 17.2 Å². The largest absolute Gasteiger partial charge is 0.478 e. The molecule has 0 aliphatic rings. The molecule has 0 saturated carbocycles. The van der Waals surface area contributed by atoms with E-state index >= 15 is 0 Å². The van der Waals surface area contributed by atoms with Crippen LogP contribution in [0, 0.1) is 11.6 Å². The SMILES string of the molecule is CC(C)(Oc1ccc(-c2nc3cnc(Oc4ccccc4F)nc3o2)c(F)c1)C(=O)O. The van der Waals surface area contributed by atoms with Crippen molar-refractivity contribution < 1.29 is 32.6 Å². The van der Waals surface area contributed by atoms with Crippen molar-refractivity contribution in [3.05, 3.63) is 60.3 Å². The van der Waals surface area contributed by atoms with Crippen molar-refractivity contribution in [3.63, 3.8) is 0 Å². The molecule has 0 aliphatic carbocycles. The summed E-state index contributed by atoms with van der Waals surface area (Å²) < 4.78 is 44.5. The summed E-state index contributed by atoms with van der Waals surface area (Å²) in [5.41, 5.74) is -1.27. The third kappa shape index (κ3) is 4.13. The first kappa shape index (κ1) is 20.2. The Morgan fingerprint density at radius 1 is 1.10 bits per heavy atom. The second kappa shape index (κ2) is 7.63. The summed E-state index contributed by atoms with van der Waals surface area (Å²) in [6, 6.07) is 9.37. The molecule has 4 rings (SSSR count). The molecule has 2 heterocycles. The lowest BCUT2D eigenvalue weighted by molar-refractivity contribution is -0.152. The minimum atomic E-state index is -1.53. The summed E-state index contributed by atoms with van der Waals surface area (Å²) in [7, 11) is 0. The van der Waals surface area contributed by atoms with Crippen LogP contribution in [0.4, 0.5) is 8.78 Å². The molecule has 2 aromatic carbocycles. The Hall–Kier alpha value is -4.08. The van der Waals surface area contributed by atoms with Gasteiger partial charge in [0.2, 0.25) is 5.89 Å². The van der Waals surface area contributed by atoms with Crippen molar-refractivity contribution in [3.8, 4) is 29.0 Å². The van der Waals surface area contributed by atoms with E-state index in [2.05, 4.69) is 15.0 Å². The zero-order valence-electron chi connectivity index (χ0n) is 16.3. The number of nitrogens with zero attached hydrogens (tertiary/aromatic N) is 3. The molecule has 0 atom stereocenters. The molecule has 4 aromatic rings. The highest BCUT2D eigenvalue weighted by molar-refractivity contribution is 5.77. The van der Waals surface area contributed by atoms with Crippen LogP contribution in [0.25, 0.3) is 22.7 Å². The Balaban J connectivity index is 1.61. The van der Waals surface area contributed by atoms with Crippen LogP contribution in [0.15, 0.2) is 53.1 Å². The monoisotopic (exact) mass is 427 g/mol. The highest BCUT2D eigenvalue weighted by Gasteiger charge is 2.29. The second-order valence-electron chi connectivity index (χ2n) is 6.95. The zero-order chi connectivity index (χ0) is 22.2. The summed E-state index contributed by atoms with van der Waals surface area (Å²) in [4.78, 5) is 23.3. The Kier molecular flexibility index (Phi) is 4.97. The van der Waals surface area contributed by atoms with E-state index in [1.807, 2.05) is 0 Å². The van der Waals surface area contributed by atoms with Crippen LogP contribution in [-0.4, -0.2) is 31.6 Å². The molecule has 0 saturated heterocycles. The fourth-order valence-corrected chi connectivity index (χ4v) is 2.58. The standard InChI is InChI=1S/C21H15F2N3O5/c1-21(2,19(27)28)31-11-7-8-12(14(23)9-11)17-25-15-10-24-20(26-18(15)30-17)29-16-6-4-3-5-13(16)22/h3-10H,1-2H3,(H,27,28). The average Bonchev–Trinajstić information content (AvgIpc) is 3.12. The number of fused-ring (bicyclic) bond motifs is 1. The molecule has 10 heteroatoms. The van der Waals surface area contributed by atoms with Gasteiger partial charge >= 0.3 is 12.0 Å². The van der Waals surface area contributed by atoms with Crippen LogP contribution in [0.3, 0.4) is 0 Å². The molecule has 2 aromatic heterocycles. The second-order valence-corrected chi connectivity index (χ2v) is 6.95. The number of hydrogen-bond acceptors (Lipinski definition) is 7. The number of aliphatic carboxylic acids is 1. The van der Waals surface area contributed by atoms with Gasteiger partial charge < -0.3 is 19.0 Å². The van der Waals surface area contributed by atoms with E-state index in [-0.39, 0.29) is 40.2 Å². The Labute approximate surface area is 174 Å². The number of oxazole rings is 1. The molecule has 0 unspecified atom stereocenters. The Morgan fingerprint density at radius 3 is 2.58 bits per heavy atom. The van der Waals surface area contributed by atoms with E-state index in [0.29, 0.717) is 0 Å². The summed E-state index contributed by atoms with van der Waals surface area (Å²) in [6.07, 6.45) is 1.30. The summed E-state index contributed by atoms with van der Waals surface area (Å²) in [5.74, 6) is -2.62. The summed E-state index contributed by atoms with van der Waals surface area (Å²) in [5, 5.41) is 9.13. The molecule has 31 heavy (non-hydrogen) atoms. The first-order valence-electron chi connectivity index (χ1n) is 9.01. The first-order valence-corrected chi connectivity index (χ1v) is 9.01. The van der Waals surface area contributed by atoms with Crippen LogP contribution >= 0.6 is 0 Å². The van der Waals surface area contributed by atoms with Crippen LogP contribution in [0.5, 0.6) is 17.5 Å². The number of carbonyl (C=O) groups is 1. The molecule has 158 valence electrons. The summed E-state index contributed by atoms with van der Waals surface area (Å²) >= 11 is 0. The lowest BCUT2D eigenvalue weighted by atomic mass is 10.1. The van der Waals surface area contributed by atoms with Crippen molar-refractivity contribution in [2.45, 2.75) is 19.4 Å². The van der Waals surface area contributed by atoms with Gasteiger partial charge in [-0.2, -0.15) is 4.98 Å². The van der Waals surface area contributed by atoms with E-state index in [4.69, 9.17) is 19.0 Å². The maximum Gasteiger partial charge on any atom is 0.347 e. The highest BCUT2D eigenvalue weighted by atomic mass is 19.1. The van der Waals surface area contributed by atoms with Crippen molar-refractivity contribution in [2.75, 3.05) is 0 Å². The number of para-hydroxylation sites is 1. The lowest BCUT2D eigenvalue weighted by Gasteiger charge is -2.21. The lowest BCUT2D eigenvalue weighted by Crippen LogP contribution is -2.37. The molecule has 0 spiro atoms. The number of ether oxygens (including phenoxy) is 2. The van der Waals surface area contributed by atoms with Crippen LogP contribution in [-0.2, 0) is 4.79 Å². The van der Waals surface area contributed by atoms with Gasteiger partial charge in [0.05, 0.1) is 11.8 Å². The van der Waals surface area contributed by atoms with Gasteiger partial charge in [0.25, 0.3) is 5.71 Å². The van der Waals surface area contributed by atoms with Crippen LogP contribution < -0.4 is 9.47 Å². The smallest absolute Gasteiger partial charge is 0.347 e. The van der Waals surface area contributed by atoms with Gasteiger partial charge in [-0.3, -0.25) is 0 Å². The number of halogens is 2. The molecule has 0 amide bonds. The van der Waals surface area contributed by atoms with Crippen molar-refractivity contribution in [1.29, 1.82) is 0 Å². The minimum Gasteiger partial charge on any atom is -0.478 e. The molecule has 0 fully saturated rings. The molecule has 0 aliphatic heterocycles. The van der Waals surface area contributed by atoms with Gasteiger partial charge in [0, 0.05) is 6.07 Å². The average molecular weight is 427 g/mol. The van der Waals surface area contributed by atoms with Gasteiger partial charge in [-0.1, -0.05) is 12.1 Å². The minimum absolute atomic E-state index is 0.00931. The van der Waals surface area contributed by atoms with Crippen molar-refractivity contribution >= 4 is 17.2 Å². The van der Waals surface area contributed by atoms with E-state index in [1.54, 1.807) is 6.07 Å². The number of carboxylic acids is 1. The predicted octanol–water partition coefficient (Wildman–Crippen LogP) is 4.60. The fraction of sp³-hybridized carbons (Fsp3) is 0.143. The molecule has 1 N–H and O–H groups in total. The van der Waals surface area contributed by atoms with Gasteiger partial charge in [-0.25, -0.2) is 23.5 Å². The maximum atomic E-state index is 14.6. The predicted molar refractivity (Wildman–Crippen MR) is 104 cm³/mol. The number of aromatic nitrogens is 3. The topological polar surface area (TPSA) is 108 Å². The van der Waals surface area contributed by atoms with E-state index in [0.717, 1.165) is 6.07 Å². The molecular weight excluding hydrogens is 412 g/mol. The Morgan fingerprint density at radius 2 is 1.87 bits per heavy atom. The molecule has 8 nitrogen and oxygen atoms in total. The summed E-state index contributed by atoms with van der Waals surface area (Å²) in [6.45, 7) is 2.70. The number of benzene rings is 2. The van der Waals surface area contributed by atoms with E-state index < -0.39 is 23.2 Å². The van der Waals surface area contributed by atoms with E-state index in [1.165, 1.54) is 50.4 Å². The highest BCUT2D eigenvalue weighted by Crippen LogP contribution is 2.30. The first-order chi connectivity index (χ1) is 14.7. The number of hydrogen-bond donors (Lipinski definition) is 1. The van der Waals surface area contributed by atoms with Gasteiger partial charge in [0.1, 0.15) is 17.1 Å². The van der Waals surface area contributed by atoms with Crippen LogP contribution in [0.1, 0.15) is 13.8 Å². The van der Waals surface area contributed by atoms with Gasteiger partial charge in [-0.15, -0.1) is 0 Å². The normalized spacial score (nSPS) is 11.5. The molecule has 0 radical (unpaired) electrons. The number of rotatable bonds is 6. The third-order valence-electron chi connectivity index (χ3n) is 4.23. The van der Waals surface area contributed by atoms with Gasteiger partial charge in [-0.05, 0) is 38.1 Å². The quantitative estimate of drug-likeness (QED) is 0.476. The third-order valence-corrected chi connectivity index (χ3v) is 4.23. The molecule has 0 bridgehead atoms.